The van der Waals surface area contributed by atoms with Crippen LogP contribution in [0.3, 0.4) is 0 Å². The Labute approximate surface area is 81.5 Å². The highest BCUT2D eigenvalue weighted by molar-refractivity contribution is 5.80. The van der Waals surface area contributed by atoms with E-state index >= 15 is 0 Å². The minimum atomic E-state index is -1.16. The average molecular weight is 202 g/mol. The number of carboxylic acids is 1. The van der Waals surface area contributed by atoms with Crippen molar-refractivity contribution in [2.75, 3.05) is 20.1 Å². The van der Waals surface area contributed by atoms with Crippen molar-refractivity contribution >= 4 is 12.1 Å². The number of hydrogen-bond acceptors (Lipinski definition) is 3. The van der Waals surface area contributed by atoms with Crippen LogP contribution < -0.4 is 5.32 Å². The van der Waals surface area contributed by atoms with Gasteiger partial charge in [-0.05, 0) is 25.9 Å². The third-order valence-electron chi connectivity index (χ3n) is 2.41. The Morgan fingerprint density at radius 3 is 2.50 bits per heavy atom. The van der Waals surface area contributed by atoms with Crippen molar-refractivity contribution in [2.45, 2.75) is 12.5 Å². The topological polar surface area (TPSA) is 89.9 Å². The van der Waals surface area contributed by atoms with Crippen LogP contribution in [-0.2, 0) is 4.79 Å². The van der Waals surface area contributed by atoms with Gasteiger partial charge in [0.25, 0.3) is 0 Å². The highest BCUT2D eigenvalue weighted by atomic mass is 16.4. The molecule has 3 N–H and O–H groups in total. The van der Waals surface area contributed by atoms with Gasteiger partial charge in [0.15, 0.2) is 0 Å². The van der Waals surface area contributed by atoms with Crippen LogP contribution in [0.5, 0.6) is 0 Å². The second-order valence-electron chi connectivity index (χ2n) is 3.45. The molecule has 6 nitrogen and oxygen atoms in total. The van der Waals surface area contributed by atoms with E-state index in [9.17, 15) is 9.59 Å². The zero-order chi connectivity index (χ0) is 10.7. The number of amides is 1. The van der Waals surface area contributed by atoms with Crippen molar-refractivity contribution in [2.24, 2.45) is 5.92 Å². The smallest absolute Gasteiger partial charge is 0.408 e. The summed E-state index contributed by atoms with van der Waals surface area (Å²) in [5, 5.41) is 20.5. The summed E-state index contributed by atoms with van der Waals surface area (Å²) in [5.74, 6) is -0.969. The standard InChI is InChI=1S/C8H14N2O4/c1-9-3-5-2-6(7(11)12)10(4-5)8(13)14/h5-6,9H,2-4H2,1H3,(H,11,12)(H,13,14). The van der Waals surface area contributed by atoms with Crippen LogP contribution >= 0.6 is 0 Å². The van der Waals surface area contributed by atoms with Gasteiger partial charge in [-0.15, -0.1) is 0 Å². The van der Waals surface area contributed by atoms with Crippen molar-refractivity contribution in [3.8, 4) is 0 Å². The zero-order valence-corrected chi connectivity index (χ0v) is 7.93. The second-order valence-corrected chi connectivity index (χ2v) is 3.45. The number of carboxylic acid groups (broad SMARTS) is 2. The summed E-state index contributed by atoms with van der Waals surface area (Å²) >= 11 is 0. The lowest BCUT2D eigenvalue weighted by Gasteiger charge is -2.16. The van der Waals surface area contributed by atoms with Gasteiger partial charge in [0, 0.05) is 6.54 Å². The van der Waals surface area contributed by atoms with E-state index in [1.54, 1.807) is 7.05 Å². The molecule has 1 rings (SSSR count). The van der Waals surface area contributed by atoms with Gasteiger partial charge < -0.3 is 15.5 Å². The number of hydrogen-bond donors (Lipinski definition) is 3. The van der Waals surface area contributed by atoms with E-state index in [-0.39, 0.29) is 5.92 Å². The molecular formula is C8H14N2O4. The van der Waals surface area contributed by atoms with E-state index in [1.165, 1.54) is 0 Å². The molecule has 0 spiro atoms. The lowest BCUT2D eigenvalue weighted by Crippen LogP contribution is -2.39. The molecule has 6 heteroatoms. The molecule has 0 radical (unpaired) electrons. The maximum atomic E-state index is 10.7. The molecule has 1 fully saturated rings. The number of rotatable bonds is 3. The highest BCUT2D eigenvalue weighted by Gasteiger charge is 2.39. The largest absolute Gasteiger partial charge is 0.480 e. The fourth-order valence-electron chi connectivity index (χ4n) is 1.81. The van der Waals surface area contributed by atoms with E-state index < -0.39 is 18.1 Å². The molecule has 1 saturated heterocycles. The molecule has 1 aliphatic heterocycles. The predicted octanol–water partition coefficient (Wildman–Crippen LogP) is -0.341. The number of nitrogens with zero attached hydrogens (tertiary/aromatic N) is 1. The van der Waals surface area contributed by atoms with Gasteiger partial charge in [0.05, 0.1) is 0 Å². The lowest BCUT2D eigenvalue weighted by molar-refractivity contribution is -0.141. The summed E-state index contributed by atoms with van der Waals surface area (Å²) in [4.78, 5) is 22.4. The van der Waals surface area contributed by atoms with Crippen LogP contribution in [0.15, 0.2) is 0 Å². The van der Waals surface area contributed by atoms with Gasteiger partial charge in [-0.2, -0.15) is 0 Å². The number of carbonyl (C=O) groups is 2. The van der Waals surface area contributed by atoms with Gasteiger partial charge in [-0.25, -0.2) is 9.59 Å². The molecule has 2 unspecified atom stereocenters. The first-order valence-corrected chi connectivity index (χ1v) is 4.43. The second kappa shape index (κ2) is 4.28. The van der Waals surface area contributed by atoms with Crippen molar-refractivity contribution < 1.29 is 19.8 Å². The van der Waals surface area contributed by atoms with Gasteiger partial charge in [-0.3, -0.25) is 4.90 Å². The Morgan fingerprint density at radius 1 is 1.50 bits per heavy atom. The first kappa shape index (κ1) is 10.8. The fraction of sp³-hybridized carbons (Fsp3) is 0.750. The van der Waals surface area contributed by atoms with Gasteiger partial charge in [0.1, 0.15) is 6.04 Å². The summed E-state index contributed by atoms with van der Waals surface area (Å²) in [6.45, 7) is 0.945. The Balaban J connectivity index is 2.65. The van der Waals surface area contributed by atoms with Gasteiger partial charge >= 0.3 is 12.1 Å². The SMILES string of the molecule is CNCC1CC(C(=O)O)N(C(=O)O)C1. The Bertz CT molecular complexity index is 221. The van der Waals surface area contributed by atoms with E-state index in [2.05, 4.69) is 5.32 Å². The molecule has 1 heterocycles. The maximum absolute atomic E-state index is 10.7. The quantitative estimate of drug-likeness (QED) is 0.582. The van der Waals surface area contributed by atoms with E-state index in [0.717, 1.165) is 4.90 Å². The molecule has 1 amide bonds. The van der Waals surface area contributed by atoms with Crippen LogP contribution in [0.1, 0.15) is 6.42 Å². The molecule has 0 aliphatic carbocycles. The number of aliphatic carboxylic acids is 1. The monoisotopic (exact) mass is 202 g/mol. The summed E-state index contributed by atoms with van der Waals surface area (Å²) in [7, 11) is 1.76. The normalized spacial score (nSPS) is 26.5. The van der Waals surface area contributed by atoms with Crippen molar-refractivity contribution in [3.63, 3.8) is 0 Å². The van der Waals surface area contributed by atoms with Crippen LogP contribution in [0.2, 0.25) is 0 Å². The van der Waals surface area contributed by atoms with Crippen molar-refractivity contribution in [1.29, 1.82) is 0 Å². The third kappa shape index (κ3) is 2.14. The predicted molar refractivity (Wildman–Crippen MR) is 48.2 cm³/mol. The zero-order valence-electron chi connectivity index (χ0n) is 7.93. The molecule has 14 heavy (non-hydrogen) atoms. The van der Waals surface area contributed by atoms with Crippen LogP contribution in [-0.4, -0.2) is 53.4 Å². The van der Waals surface area contributed by atoms with Crippen LogP contribution in [0, 0.1) is 5.92 Å². The summed E-state index contributed by atoms with van der Waals surface area (Å²) in [5.41, 5.74) is 0. The highest BCUT2D eigenvalue weighted by Crippen LogP contribution is 2.22. The molecule has 0 saturated carbocycles. The third-order valence-corrected chi connectivity index (χ3v) is 2.41. The van der Waals surface area contributed by atoms with Crippen molar-refractivity contribution in [3.05, 3.63) is 0 Å². The molecule has 0 aromatic carbocycles. The molecule has 1 aliphatic rings. The molecular weight excluding hydrogens is 188 g/mol. The molecule has 2 atom stereocenters. The number of likely N-dealkylation sites (tertiary alicyclic amines) is 1. The maximum Gasteiger partial charge on any atom is 0.408 e. The van der Waals surface area contributed by atoms with E-state index in [0.29, 0.717) is 19.5 Å². The Hall–Kier alpha value is -1.30. The fourth-order valence-corrected chi connectivity index (χ4v) is 1.81. The minimum Gasteiger partial charge on any atom is -0.480 e. The van der Waals surface area contributed by atoms with Crippen LogP contribution in [0.4, 0.5) is 4.79 Å². The summed E-state index contributed by atoms with van der Waals surface area (Å²) < 4.78 is 0. The van der Waals surface area contributed by atoms with E-state index in [4.69, 9.17) is 10.2 Å². The molecule has 0 bridgehead atoms. The van der Waals surface area contributed by atoms with Crippen LogP contribution in [0.25, 0.3) is 0 Å². The molecule has 0 aromatic rings. The van der Waals surface area contributed by atoms with Gasteiger partial charge in [0.2, 0.25) is 0 Å². The molecule has 0 aromatic heterocycles. The minimum absolute atomic E-state index is 0.0946. The van der Waals surface area contributed by atoms with E-state index in [1.807, 2.05) is 0 Å². The Morgan fingerprint density at radius 2 is 2.14 bits per heavy atom. The van der Waals surface area contributed by atoms with Gasteiger partial charge in [-0.1, -0.05) is 0 Å². The Kier molecular flexibility index (Phi) is 3.29. The summed E-state index contributed by atoms with van der Waals surface area (Å²) in [6.07, 6.45) is -0.765. The summed E-state index contributed by atoms with van der Waals surface area (Å²) in [6, 6.07) is -0.883. The van der Waals surface area contributed by atoms with Crippen molar-refractivity contribution in [1.82, 2.24) is 10.2 Å². The average Bonchev–Trinajstić information content (AvgIpc) is 2.49. The molecule has 80 valence electrons. The lowest BCUT2D eigenvalue weighted by atomic mass is 10.1. The first-order valence-electron chi connectivity index (χ1n) is 4.43. The number of nitrogens with one attached hydrogen (secondary N) is 1. The first-order chi connectivity index (χ1) is 6.56.